The molecule has 0 unspecified atom stereocenters. The van der Waals surface area contributed by atoms with E-state index in [1.807, 2.05) is 30.5 Å². The highest BCUT2D eigenvalue weighted by Crippen LogP contribution is 2.24. The molecule has 2 heterocycles. The Morgan fingerprint density at radius 1 is 1.27 bits per heavy atom. The van der Waals surface area contributed by atoms with E-state index in [9.17, 15) is 9.59 Å². The summed E-state index contributed by atoms with van der Waals surface area (Å²) >= 11 is 0. The monoisotopic (exact) mass is 357 g/mol. The van der Waals surface area contributed by atoms with Crippen molar-refractivity contribution in [1.82, 2.24) is 14.5 Å². The van der Waals surface area contributed by atoms with Gasteiger partial charge < -0.3 is 25.7 Å². The standard InChI is InChI=1S/C18H23N5O3/c1-26-13-4-2-12(3-5-13)15-10-22-8-9-23(11-17(22)21-15)18(25)14(19)6-7-16(20)24/h2-5,10,14H,6-9,11,19H2,1H3,(H2,20,24)/t14-/m0/s1. The molecule has 1 aromatic heterocycles. The van der Waals surface area contributed by atoms with Gasteiger partial charge in [0.05, 0.1) is 25.4 Å². The van der Waals surface area contributed by atoms with Gasteiger partial charge in [0.15, 0.2) is 0 Å². The van der Waals surface area contributed by atoms with Crippen molar-refractivity contribution in [3.8, 4) is 17.0 Å². The second-order valence-electron chi connectivity index (χ2n) is 6.34. The second kappa shape index (κ2) is 7.57. The van der Waals surface area contributed by atoms with Gasteiger partial charge in [0, 0.05) is 31.3 Å². The lowest BCUT2D eigenvalue weighted by molar-refractivity contribution is -0.134. The van der Waals surface area contributed by atoms with Gasteiger partial charge in [-0.3, -0.25) is 9.59 Å². The van der Waals surface area contributed by atoms with Crippen LogP contribution in [0.1, 0.15) is 18.7 Å². The van der Waals surface area contributed by atoms with E-state index in [-0.39, 0.29) is 18.7 Å². The number of methoxy groups -OCH3 is 1. The van der Waals surface area contributed by atoms with Gasteiger partial charge in [-0.2, -0.15) is 0 Å². The molecule has 0 bridgehead atoms. The van der Waals surface area contributed by atoms with Gasteiger partial charge in [-0.15, -0.1) is 0 Å². The van der Waals surface area contributed by atoms with E-state index < -0.39 is 11.9 Å². The van der Waals surface area contributed by atoms with Crippen molar-refractivity contribution in [2.75, 3.05) is 13.7 Å². The summed E-state index contributed by atoms with van der Waals surface area (Å²) in [5.41, 5.74) is 12.9. The fourth-order valence-corrected chi connectivity index (χ4v) is 3.00. The predicted molar refractivity (Wildman–Crippen MR) is 96.0 cm³/mol. The molecule has 2 aromatic rings. The van der Waals surface area contributed by atoms with Crippen LogP contribution in [0.25, 0.3) is 11.3 Å². The topological polar surface area (TPSA) is 116 Å². The highest BCUT2D eigenvalue weighted by atomic mass is 16.5. The van der Waals surface area contributed by atoms with Crippen molar-refractivity contribution < 1.29 is 14.3 Å². The lowest BCUT2D eigenvalue weighted by Gasteiger charge is -2.29. The number of carbonyl (C=O) groups excluding carboxylic acids is 2. The number of nitrogens with zero attached hydrogens (tertiary/aromatic N) is 3. The van der Waals surface area contributed by atoms with E-state index in [1.165, 1.54) is 0 Å². The van der Waals surface area contributed by atoms with Gasteiger partial charge in [-0.05, 0) is 30.7 Å². The van der Waals surface area contributed by atoms with Crippen molar-refractivity contribution in [3.05, 3.63) is 36.3 Å². The largest absolute Gasteiger partial charge is 0.497 e. The first kappa shape index (κ1) is 17.9. The van der Waals surface area contributed by atoms with Gasteiger partial charge in [-0.1, -0.05) is 0 Å². The average molecular weight is 357 g/mol. The molecule has 0 fully saturated rings. The summed E-state index contributed by atoms with van der Waals surface area (Å²) in [7, 11) is 1.63. The van der Waals surface area contributed by atoms with Gasteiger partial charge in [0.25, 0.3) is 0 Å². The molecule has 2 amide bonds. The molecule has 0 saturated heterocycles. The molecule has 1 aromatic carbocycles. The molecule has 3 rings (SSSR count). The first-order valence-electron chi connectivity index (χ1n) is 8.51. The number of imidazole rings is 1. The van der Waals surface area contributed by atoms with E-state index in [4.69, 9.17) is 16.2 Å². The molecule has 0 radical (unpaired) electrons. The van der Waals surface area contributed by atoms with Crippen LogP contribution < -0.4 is 16.2 Å². The van der Waals surface area contributed by atoms with Crippen LogP contribution >= 0.6 is 0 Å². The van der Waals surface area contributed by atoms with Crippen LogP contribution in [0.2, 0.25) is 0 Å². The first-order valence-corrected chi connectivity index (χ1v) is 8.51. The zero-order valence-electron chi connectivity index (χ0n) is 14.7. The Morgan fingerprint density at radius 2 is 2.00 bits per heavy atom. The average Bonchev–Trinajstić information content (AvgIpc) is 3.08. The summed E-state index contributed by atoms with van der Waals surface area (Å²) in [4.78, 5) is 29.7. The summed E-state index contributed by atoms with van der Waals surface area (Å²) in [6, 6.07) is 6.97. The molecule has 8 nitrogen and oxygen atoms in total. The Labute approximate surface area is 151 Å². The Hall–Kier alpha value is -2.87. The minimum absolute atomic E-state index is 0.108. The van der Waals surface area contributed by atoms with Gasteiger partial charge in [-0.25, -0.2) is 4.98 Å². The van der Waals surface area contributed by atoms with Crippen LogP contribution in [0.3, 0.4) is 0 Å². The van der Waals surface area contributed by atoms with Gasteiger partial charge >= 0.3 is 0 Å². The van der Waals surface area contributed by atoms with Crippen molar-refractivity contribution in [2.24, 2.45) is 11.5 Å². The van der Waals surface area contributed by atoms with Crippen molar-refractivity contribution in [1.29, 1.82) is 0 Å². The summed E-state index contributed by atoms with van der Waals surface area (Å²) in [6.45, 7) is 1.63. The zero-order valence-corrected chi connectivity index (χ0v) is 14.7. The normalized spacial score (nSPS) is 14.6. The molecule has 1 aliphatic rings. The van der Waals surface area contributed by atoms with Crippen LogP contribution in [-0.4, -0.2) is 46.0 Å². The van der Waals surface area contributed by atoms with E-state index in [0.717, 1.165) is 22.8 Å². The number of hydrogen-bond acceptors (Lipinski definition) is 5. The number of rotatable bonds is 6. The molecule has 8 heteroatoms. The SMILES string of the molecule is COc1ccc(-c2cn3c(n2)CN(C(=O)[C@@H](N)CCC(N)=O)CC3)cc1. The maximum atomic E-state index is 12.5. The molecule has 1 aliphatic heterocycles. The number of aromatic nitrogens is 2. The van der Waals surface area contributed by atoms with Crippen LogP contribution in [0, 0.1) is 0 Å². The van der Waals surface area contributed by atoms with Crippen molar-refractivity contribution >= 4 is 11.8 Å². The number of amides is 2. The third-order valence-corrected chi connectivity index (χ3v) is 4.52. The van der Waals surface area contributed by atoms with Crippen LogP contribution in [0.4, 0.5) is 0 Å². The van der Waals surface area contributed by atoms with Gasteiger partial charge in [0.2, 0.25) is 11.8 Å². The van der Waals surface area contributed by atoms with E-state index in [2.05, 4.69) is 9.55 Å². The first-order chi connectivity index (χ1) is 12.5. The Balaban J connectivity index is 1.69. The van der Waals surface area contributed by atoms with Crippen LogP contribution in [0.5, 0.6) is 5.75 Å². The van der Waals surface area contributed by atoms with E-state index in [1.54, 1.807) is 12.0 Å². The highest BCUT2D eigenvalue weighted by molar-refractivity contribution is 5.82. The third kappa shape index (κ3) is 3.85. The van der Waals surface area contributed by atoms with E-state index >= 15 is 0 Å². The number of nitrogens with two attached hydrogens (primary N) is 2. The van der Waals surface area contributed by atoms with Crippen LogP contribution in [-0.2, 0) is 22.7 Å². The predicted octanol–water partition coefficient (Wildman–Crippen LogP) is 0.494. The number of benzene rings is 1. The molecule has 26 heavy (non-hydrogen) atoms. The maximum absolute atomic E-state index is 12.5. The lowest BCUT2D eigenvalue weighted by atomic mass is 10.1. The number of hydrogen-bond donors (Lipinski definition) is 2. The fraction of sp³-hybridized carbons (Fsp3) is 0.389. The molecule has 0 saturated carbocycles. The Bertz CT molecular complexity index is 800. The van der Waals surface area contributed by atoms with Crippen molar-refractivity contribution in [2.45, 2.75) is 32.0 Å². The molecule has 0 aliphatic carbocycles. The fourth-order valence-electron chi connectivity index (χ4n) is 3.00. The molecule has 1 atom stereocenters. The molecule has 138 valence electrons. The summed E-state index contributed by atoms with van der Waals surface area (Å²) in [6.07, 6.45) is 2.36. The number of ether oxygens (including phenoxy) is 1. The third-order valence-electron chi connectivity index (χ3n) is 4.52. The van der Waals surface area contributed by atoms with Crippen LogP contribution in [0.15, 0.2) is 30.5 Å². The van der Waals surface area contributed by atoms with Crippen molar-refractivity contribution in [3.63, 3.8) is 0 Å². The lowest BCUT2D eigenvalue weighted by Crippen LogP contribution is -2.47. The summed E-state index contributed by atoms with van der Waals surface area (Å²) in [5, 5.41) is 0. The maximum Gasteiger partial charge on any atom is 0.239 e. The second-order valence-corrected chi connectivity index (χ2v) is 6.34. The smallest absolute Gasteiger partial charge is 0.239 e. The number of primary amides is 1. The number of carbonyl (C=O) groups is 2. The zero-order chi connectivity index (χ0) is 18.7. The molecule has 4 N–H and O–H groups in total. The molecule has 0 spiro atoms. The Morgan fingerprint density at radius 3 is 2.65 bits per heavy atom. The summed E-state index contributed by atoms with van der Waals surface area (Å²) < 4.78 is 7.23. The Kier molecular flexibility index (Phi) is 5.22. The molecular weight excluding hydrogens is 334 g/mol. The summed E-state index contributed by atoms with van der Waals surface area (Å²) in [5.74, 6) is 0.982. The minimum atomic E-state index is -0.718. The van der Waals surface area contributed by atoms with Gasteiger partial charge in [0.1, 0.15) is 11.6 Å². The highest BCUT2D eigenvalue weighted by Gasteiger charge is 2.26. The molecular formula is C18H23N5O3. The number of fused-ring (bicyclic) bond motifs is 1. The van der Waals surface area contributed by atoms with E-state index in [0.29, 0.717) is 19.6 Å². The minimum Gasteiger partial charge on any atom is -0.497 e. The quantitative estimate of drug-likeness (QED) is 0.780.